The standard InChI is InChI=1S/C14H19F2N/c1-10-2-4-14(9-17,5-3-10)11-6-12(15)8-13(16)7-11/h6-8,10H,2-5,9,17H2,1H3. The van der Waals surface area contributed by atoms with Crippen LogP contribution in [0, 0.1) is 17.6 Å². The molecule has 1 fully saturated rings. The molecule has 0 amide bonds. The second kappa shape index (κ2) is 4.73. The zero-order valence-electron chi connectivity index (χ0n) is 10.2. The Bertz CT molecular complexity index is 375. The lowest BCUT2D eigenvalue weighted by molar-refractivity contribution is 0.246. The largest absolute Gasteiger partial charge is 0.330 e. The SMILES string of the molecule is CC1CCC(CN)(c2cc(F)cc(F)c2)CC1. The van der Waals surface area contributed by atoms with Crippen LogP contribution >= 0.6 is 0 Å². The smallest absolute Gasteiger partial charge is 0.126 e. The van der Waals surface area contributed by atoms with Crippen LogP contribution in [0.15, 0.2) is 18.2 Å². The van der Waals surface area contributed by atoms with Crippen LogP contribution < -0.4 is 5.73 Å². The van der Waals surface area contributed by atoms with Gasteiger partial charge in [-0.25, -0.2) is 8.78 Å². The fourth-order valence-electron chi connectivity index (χ4n) is 2.79. The Kier molecular flexibility index (Phi) is 3.48. The van der Waals surface area contributed by atoms with E-state index in [0.717, 1.165) is 37.3 Å². The van der Waals surface area contributed by atoms with Crippen molar-refractivity contribution in [2.24, 2.45) is 11.7 Å². The minimum absolute atomic E-state index is 0.227. The maximum Gasteiger partial charge on any atom is 0.126 e. The number of halogens is 2. The lowest BCUT2D eigenvalue weighted by Crippen LogP contribution is -2.38. The highest BCUT2D eigenvalue weighted by atomic mass is 19.1. The number of hydrogen-bond donors (Lipinski definition) is 1. The second-order valence-electron chi connectivity index (χ2n) is 5.33. The van der Waals surface area contributed by atoms with Gasteiger partial charge in [0.2, 0.25) is 0 Å². The van der Waals surface area contributed by atoms with Gasteiger partial charge in [-0.3, -0.25) is 0 Å². The molecule has 0 heterocycles. The van der Waals surface area contributed by atoms with Crippen molar-refractivity contribution in [3.63, 3.8) is 0 Å². The van der Waals surface area contributed by atoms with Gasteiger partial charge in [-0.15, -0.1) is 0 Å². The molecular formula is C14H19F2N. The van der Waals surface area contributed by atoms with Gasteiger partial charge >= 0.3 is 0 Å². The third-order valence-electron chi connectivity index (χ3n) is 4.10. The van der Waals surface area contributed by atoms with Crippen LogP contribution in [0.1, 0.15) is 38.2 Å². The Labute approximate surface area is 101 Å². The van der Waals surface area contributed by atoms with Crippen LogP contribution in [0.4, 0.5) is 8.78 Å². The van der Waals surface area contributed by atoms with Crippen molar-refractivity contribution in [1.82, 2.24) is 0 Å². The predicted molar refractivity (Wildman–Crippen MR) is 64.7 cm³/mol. The molecule has 1 aromatic rings. The lowest BCUT2D eigenvalue weighted by atomic mass is 9.67. The van der Waals surface area contributed by atoms with Gasteiger partial charge in [-0.1, -0.05) is 6.92 Å². The highest BCUT2D eigenvalue weighted by molar-refractivity contribution is 5.28. The second-order valence-corrected chi connectivity index (χ2v) is 5.33. The van der Waals surface area contributed by atoms with Gasteiger partial charge in [0.25, 0.3) is 0 Å². The number of benzene rings is 1. The molecular weight excluding hydrogens is 220 g/mol. The van der Waals surface area contributed by atoms with Crippen LogP contribution in [0.3, 0.4) is 0 Å². The molecule has 1 aliphatic rings. The molecule has 17 heavy (non-hydrogen) atoms. The summed E-state index contributed by atoms with van der Waals surface area (Å²) in [5, 5.41) is 0. The summed E-state index contributed by atoms with van der Waals surface area (Å²) in [6, 6.07) is 3.79. The first-order valence-corrected chi connectivity index (χ1v) is 6.22. The molecule has 1 aliphatic carbocycles. The fraction of sp³-hybridized carbons (Fsp3) is 0.571. The third kappa shape index (κ3) is 2.49. The van der Waals surface area contributed by atoms with E-state index in [1.54, 1.807) is 0 Å². The van der Waals surface area contributed by atoms with Gasteiger partial charge in [0.1, 0.15) is 11.6 Å². The van der Waals surface area contributed by atoms with Crippen LogP contribution in [0.2, 0.25) is 0 Å². The molecule has 2 N–H and O–H groups in total. The van der Waals surface area contributed by atoms with Crippen molar-refractivity contribution in [3.05, 3.63) is 35.4 Å². The van der Waals surface area contributed by atoms with Crippen LogP contribution in [0.5, 0.6) is 0 Å². The van der Waals surface area contributed by atoms with Crippen molar-refractivity contribution in [2.45, 2.75) is 38.0 Å². The number of hydrogen-bond acceptors (Lipinski definition) is 1. The van der Waals surface area contributed by atoms with E-state index in [9.17, 15) is 8.78 Å². The molecule has 0 radical (unpaired) electrons. The molecule has 0 aromatic heterocycles. The first kappa shape index (κ1) is 12.5. The number of rotatable bonds is 2. The summed E-state index contributed by atoms with van der Waals surface area (Å²) < 4.78 is 26.6. The molecule has 94 valence electrons. The normalized spacial score (nSPS) is 29.3. The average molecular weight is 239 g/mol. The molecule has 0 spiro atoms. The van der Waals surface area contributed by atoms with Gasteiger partial charge in [0.15, 0.2) is 0 Å². The van der Waals surface area contributed by atoms with Crippen molar-refractivity contribution in [2.75, 3.05) is 6.54 Å². The van der Waals surface area contributed by atoms with E-state index in [1.165, 1.54) is 12.1 Å². The molecule has 2 rings (SSSR count). The van der Waals surface area contributed by atoms with Crippen molar-refractivity contribution in [1.29, 1.82) is 0 Å². The summed E-state index contributed by atoms with van der Waals surface area (Å²) in [6.07, 6.45) is 4.01. The molecule has 0 unspecified atom stereocenters. The zero-order chi connectivity index (χ0) is 12.5. The predicted octanol–water partition coefficient (Wildman–Crippen LogP) is 3.37. The highest BCUT2D eigenvalue weighted by Gasteiger charge is 2.35. The minimum Gasteiger partial charge on any atom is -0.330 e. The van der Waals surface area contributed by atoms with E-state index < -0.39 is 11.6 Å². The summed E-state index contributed by atoms with van der Waals surface area (Å²) in [5.41, 5.74) is 6.37. The summed E-state index contributed by atoms with van der Waals surface area (Å²) >= 11 is 0. The van der Waals surface area contributed by atoms with Crippen LogP contribution in [0.25, 0.3) is 0 Å². The zero-order valence-corrected chi connectivity index (χ0v) is 10.2. The summed E-state index contributed by atoms with van der Waals surface area (Å²) in [6.45, 7) is 2.68. The Morgan fingerprint density at radius 3 is 2.18 bits per heavy atom. The molecule has 1 nitrogen and oxygen atoms in total. The van der Waals surface area contributed by atoms with Crippen LogP contribution in [-0.4, -0.2) is 6.54 Å². The van der Waals surface area contributed by atoms with E-state index >= 15 is 0 Å². The quantitative estimate of drug-likeness (QED) is 0.841. The Morgan fingerprint density at radius 2 is 1.71 bits per heavy atom. The molecule has 0 bridgehead atoms. The van der Waals surface area contributed by atoms with E-state index in [1.807, 2.05) is 0 Å². The Morgan fingerprint density at radius 1 is 1.18 bits per heavy atom. The first-order chi connectivity index (χ1) is 8.05. The summed E-state index contributed by atoms with van der Waals surface area (Å²) in [5.74, 6) is -0.328. The van der Waals surface area contributed by atoms with E-state index in [0.29, 0.717) is 12.5 Å². The molecule has 0 saturated heterocycles. The summed E-state index contributed by atoms with van der Waals surface area (Å²) in [7, 11) is 0. The van der Waals surface area contributed by atoms with Crippen molar-refractivity contribution >= 4 is 0 Å². The van der Waals surface area contributed by atoms with E-state index in [2.05, 4.69) is 6.92 Å². The van der Waals surface area contributed by atoms with Gasteiger partial charge in [-0.2, -0.15) is 0 Å². The van der Waals surface area contributed by atoms with Crippen molar-refractivity contribution < 1.29 is 8.78 Å². The monoisotopic (exact) mass is 239 g/mol. The van der Waals surface area contributed by atoms with Crippen LogP contribution in [-0.2, 0) is 5.41 Å². The average Bonchev–Trinajstić information content (AvgIpc) is 2.29. The third-order valence-corrected chi connectivity index (χ3v) is 4.10. The molecule has 1 aromatic carbocycles. The molecule has 1 saturated carbocycles. The van der Waals surface area contributed by atoms with Gasteiger partial charge in [0.05, 0.1) is 0 Å². The van der Waals surface area contributed by atoms with Crippen molar-refractivity contribution in [3.8, 4) is 0 Å². The maximum atomic E-state index is 13.3. The maximum absolute atomic E-state index is 13.3. The van der Waals surface area contributed by atoms with Gasteiger partial charge in [0, 0.05) is 18.0 Å². The molecule has 0 atom stereocenters. The Balaban J connectivity index is 2.34. The lowest BCUT2D eigenvalue weighted by Gasteiger charge is -2.39. The number of nitrogens with two attached hydrogens (primary N) is 1. The molecule has 0 aliphatic heterocycles. The first-order valence-electron chi connectivity index (χ1n) is 6.22. The van der Waals surface area contributed by atoms with Gasteiger partial charge < -0.3 is 5.73 Å². The Hall–Kier alpha value is -0.960. The van der Waals surface area contributed by atoms with Gasteiger partial charge in [-0.05, 0) is 49.3 Å². The van der Waals surface area contributed by atoms with E-state index in [4.69, 9.17) is 5.73 Å². The molecule has 3 heteroatoms. The van der Waals surface area contributed by atoms with E-state index in [-0.39, 0.29) is 5.41 Å². The minimum atomic E-state index is -0.508. The highest BCUT2D eigenvalue weighted by Crippen LogP contribution is 2.41. The summed E-state index contributed by atoms with van der Waals surface area (Å²) in [4.78, 5) is 0. The topological polar surface area (TPSA) is 26.0 Å². The fourth-order valence-corrected chi connectivity index (χ4v) is 2.79.